The SMILES string of the molecule is COc1cc(CC(=O)N(CCc2cccc(Cl)c2)CC(=O)O)cc2c1O[C@@H](c1ccc(F)cc1)[C@H](C)C2. The molecule has 2 atom stereocenters. The van der Waals surface area contributed by atoms with Crippen LogP contribution in [-0.4, -0.2) is 42.1 Å². The predicted octanol–water partition coefficient (Wildman–Crippen LogP) is 5.50. The first-order chi connectivity index (χ1) is 17.7. The number of hydrogen-bond donors (Lipinski definition) is 1. The lowest BCUT2D eigenvalue weighted by molar-refractivity contribution is -0.144. The minimum atomic E-state index is -1.07. The minimum Gasteiger partial charge on any atom is -0.493 e. The number of nitrogens with zero attached hydrogens (tertiary/aromatic N) is 1. The van der Waals surface area contributed by atoms with E-state index in [9.17, 15) is 19.1 Å². The molecule has 1 heterocycles. The van der Waals surface area contributed by atoms with Crippen molar-refractivity contribution in [3.8, 4) is 11.5 Å². The van der Waals surface area contributed by atoms with Gasteiger partial charge in [0.05, 0.1) is 13.5 Å². The van der Waals surface area contributed by atoms with Crippen LogP contribution in [0.25, 0.3) is 0 Å². The summed E-state index contributed by atoms with van der Waals surface area (Å²) < 4.78 is 25.3. The third-order valence-electron chi connectivity index (χ3n) is 6.51. The van der Waals surface area contributed by atoms with Crippen molar-refractivity contribution in [3.05, 3.63) is 93.8 Å². The van der Waals surface area contributed by atoms with Gasteiger partial charge in [0.1, 0.15) is 18.5 Å². The Labute approximate surface area is 220 Å². The van der Waals surface area contributed by atoms with Gasteiger partial charge in [-0.3, -0.25) is 9.59 Å². The molecule has 0 unspecified atom stereocenters. The summed E-state index contributed by atoms with van der Waals surface area (Å²) in [7, 11) is 1.54. The molecule has 194 valence electrons. The second-order valence-electron chi connectivity index (χ2n) is 9.32. The third-order valence-corrected chi connectivity index (χ3v) is 6.74. The summed E-state index contributed by atoms with van der Waals surface area (Å²) in [6.07, 6.45) is 0.946. The Morgan fingerprint density at radius 1 is 1.14 bits per heavy atom. The number of amides is 1. The smallest absolute Gasteiger partial charge is 0.323 e. The van der Waals surface area contributed by atoms with Gasteiger partial charge in [-0.25, -0.2) is 4.39 Å². The number of benzene rings is 3. The van der Waals surface area contributed by atoms with E-state index in [1.807, 2.05) is 18.2 Å². The fourth-order valence-corrected chi connectivity index (χ4v) is 4.92. The van der Waals surface area contributed by atoms with Gasteiger partial charge < -0.3 is 19.5 Å². The highest BCUT2D eigenvalue weighted by Crippen LogP contribution is 2.44. The summed E-state index contributed by atoms with van der Waals surface area (Å²) >= 11 is 6.05. The monoisotopic (exact) mass is 525 g/mol. The number of aliphatic carboxylic acids is 1. The molecule has 37 heavy (non-hydrogen) atoms. The first kappa shape index (κ1) is 26.5. The van der Waals surface area contributed by atoms with Crippen molar-refractivity contribution in [2.75, 3.05) is 20.2 Å². The fraction of sp³-hybridized carbons (Fsp3) is 0.310. The van der Waals surface area contributed by atoms with Gasteiger partial charge in [0.2, 0.25) is 5.91 Å². The fourth-order valence-electron chi connectivity index (χ4n) is 4.71. The van der Waals surface area contributed by atoms with Crippen molar-refractivity contribution in [2.45, 2.75) is 32.3 Å². The van der Waals surface area contributed by atoms with Gasteiger partial charge in [-0.15, -0.1) is 0 Å². The van der Waals surface area contributed by atoms with Crippen molar-refractivity contribution in [1.29, 1.82) is 0 Å². The number of ether oxygens (including phenoxy) is 2. The summed E-state index contributed by atoms with van der Waals surface area (Å²) in [4.78, 5) is 26.0. The Kier molecular flexibility index (Phi) is 8.34. The predicted molar refractivity (Wildman–Crippen MR) is 139 cm³/mol. The summed E-state index contributed by atoms with van der Waals surface area (Å²) in [5, 5.41) is 9.96. The van der Waals surface area contributed by atoms with E-state index in [0.717, 1.165) is 22.3 Å². The van der Waals surface area contributed by atoms with Crippen LogP contribution in [0.1, 0.15) is 35.3 Å². The Morgan fingerprint density at radius 3 is 2.57 bits per heavy atom. The summed E-state index contributed by atoms with van der Waals surface area (Å²) in [5.74, 6) is -0.451. The zero-order valence-electron chi connectivity index (χ0n) is 20.7. The molecule has 1 aliphatic rings. The van der Waals surface area contributed by atoms with Gasteiger partial charge >= 0.3 is 5.97 Å². The Bertz CT molecular complexity index is 1280. The largest absolute Gasteiger partial charge is 0.493 e. The number of carboxylic acids is 1. The number of carbonyl (C=O) groups excluding carboxylic acids is 1. The molecule has 8 heteroatoms. The molecule has 1 aliphatic heterocycles. The maximum absolute atomic E-state index is 13.4. The molecule has 0 radical (unpaired) electrons. The van der Waals surface area contributed by atoms with Gasteiger partial charge in [0.15, 0.2) is 11.5 Å². The van der Waals surface area contributed by atoms with E-state index >= 15 is 0 Å². The number of carbonyl (C=O) groups is 2. The lowest BCUT2D eigenvalue weighted by Crippen LogP contribution is -2.38. The van der Waals surface area contributed by atoms with Crippen LogP contribution >= 0.6 is 11.6 Å². The zero-order valence-corrected chi connectivity index (χ0v) is 21.5. The number of carboxylic acid groups (broad SMARTS) is 1. The first-order valence-corrected chi connectivity index (χ1v) is 12.5. The Morgan fingerprint density at radius 2 is 1.89 bits per heavy atom. The van der Waals surface area contributed by atoms with E-state index < -0.39 is 5.97 Å². The lowest BCUT2D eigenvalue weighted by Gasteiger charge is -2.33. The van der Waals surface area contributed by atoms with Crippen molar-refractivity contribution in [1.82, 2.24) is 4.90 Å². The molecule has 0 saturated heterocycles. The maximum Gasteiger partial charge on any atom is 0.323 e. The molecule has 0 spiro atoms. The average molecular weight is 526 g/mol. The number of halogens is 2. The second kappa shape index (κ2) is 11.6. The lowest BCUT2D eigenvalue weighted by atomic mass is 9.87. The molecule has 0 saturated carbocycles. The molecule has 3 aromatic carbocycles. The molecular weight excluding hydrogens is 497 g/mol. The summed E-state index contributed by atoms with van der Waals surface area (Å²) in [5.41, 5.74) is 3.43. The zero-order chi connectivity index (χ0) is 26.5. The summed E-state index contributed by atoms with van der Waals surface area (Å²) in [6, 6.07) is 17.2. The number of methoxy groups -OCH3 is 1. The third kappa shape index (κ3) is 6.60. The van der Waals surface area contributed by atoms with Crippen molar-refractivity contribution >= 4 is 23.5 Å². The molecule has 6 nitrogen and oxygen atoms in total. The van der Waals surface area contributed by atoms with Crippen LogP contribution < -0.4 is 9.47 Å². The van der Waals surface area contributed by atoms with E-state index in [2.05, 4.69) is 6.92 Å². The van der Waals surface area contributed by atoms with Crippen molar-refractivity contribution in [2.24, 2.45) is 5.92 Å². The average Bonchev–Trinajstić information content (AvgIpc) is 2.86. The van der Waals surface area contributed by atoms with Crippen LogP contribution in [0.15, 0.2) is 60.7 Å². The molecule has 3 aromatic rings. The van der Waals surface area contributed by atoms with Gasteiger partial charge in [0, 0.05) is 17.5 Å². The molecule has 0 bridgehead atoms. The highest BCUT2D eigenvalue weighted by molar-refractivity contribution is 6.30. The van der Waals surface area contributed by atoms with Crippen LogP contribution in [0.3, 0.4) is 0 Å². The Hall–Kier alpha value is -3.58. The normalized spacial score (nSPS) is 16.4. The van der Waals surface area contributed by atoms with E-state index in [-0.39, 0.29) is 43.3 Å². The Balaban J connectivity index is 1.52. The van der Waals surface area contributed by atoms with Crippen LogP contribution in [0.4, 0.5) is 4.39 Å². The van der Waals surface area contributed by atoms with E-state index in [1.165, 1.54) is 24.1 Å². The molecule has 4 rings (SSSR count). The first-order valence-electron chi connectivity index (χ1n) is 12.1. The highest BCUT2D eigenvalue weighted by Gasteiger charge is 2.31. The standard InChI is InChI=1S/C29H29ClFNO5/c1-18-12-22-13-20(15-25(36-2)29(22)37-28(18)21-6-8-24(31)9-7-21)16-26(33)32(17-27(34)35)11-10-19-4-3-5-23(30)14-19/h3-9,13-15,18,28H,10-12,16-17H2,1-2H3,(H,34,35)/t18-,28-/m1/s1. The van der Waals surface area contributed by atoms with Gasteiger partial charge in [-0.2, -0.15) is 0 Å². The van der Waals surface area contributed by atoms with E-state index in [1.54, 1.807) is 30.3 Å². The van der Waals surface area contributed by atoms with Crippen molar-refractivity contribution < 1.29 is 28.6 Å². The van der Waals surface area contributed by atoms with Gasteiger partial charge in [0.25, 0.3) is 0 Å². The number of fused-ring (bicyclic) bond motifs is 1. The second-order valence-corrected chi connectivity index (χ2v) is 9.76. The molecule has 1 amide bonds. The van der Waals surface area contributed by atoms with E-state index in [4.69, 9.17) is 21.1 Å². The van der Waals surface area contributed by atoms with E-state index in [0.29, 0.717) is 29.4 Å². The minimum absolute atomic E-state index is 0.0300. The number of hydrogen-bond acceptors (Lipinski definition) is 4. The molecule has 0 aromatic heterocycles. The van der Waals surface area contributed by atoms with Crippen LogP contribution in [0, 0.1) is 11.7 Å². The van der Waals surface area contributed by atoms with Crippen molar-refractivity contribution in [3.63, 3.8) is 0 Å². The maximum atomic E-state index is 13.4. The van der Waals surface area contributed by atoms with Gasteiger partial charge in [-0.05, 0) is 65.4 Å². The molecule has 1 N–H and O–H groups in total. The van der Waals surface area contributed by atoms with Crippen LogP contribution in [0.2, 0.25) is 5.02 Å². The van der Waals surface area contributed by atoms with Crippen LogP contribution in [-0.2, 0) is 28.9 Å². The topological polar surface area (TPSA) is 76.1 Å². The van der Waals surface area contributed by atoms with Gasteiger partial charge in [-0.1, -0.05) is 48.9 Å². The molecule has 0 aliphatic carbocycles. The molecular formula is C29H29ClFNO5. The highest BCUT2D eigenvalue weighted by atomic mass is 35.5. The molecule has 0 fully saturated rings. The van der Waals surface area contributed by atoms with Crippen LogP contribution in [0.5, 0.6) is 11.5 Å². The summed E-state index contributed by atoms with van der Waals surface area (Å²) in [6.45, 7) is 1.93. The number of rotatable bonds is 9. The quantitative estimate of drug-likeness (QED) is 0.399.